The van der Waals surface area contributed by atoms with Crippen molar-refractivity contribution in [1.29, 1.82) is 0 Å². The summed E-state index contributed by atoms with van der Waals surface area (Å²) in [5.74, 6) is 2.65. The molecule has 0 saturated heterocycles. The first-order chi connectivity index (χ1) is 42.4. The number of amidine groups is 1. The molecule has 0 radical (unpaired) electrons. The van der Waals surface area contributed by atoms with Crippen molar-refractivity contribution in [2.75, 3.05) is 21.2 Å². The van der Waals surface area contributed by atoms with Crippen molar-refractivity contribution in [2.45, 2.75) is 132 Å². The van der Waals surface area contributed by atoms with Crippen LogP contribution in [0, 0.1) is 0 Å². The van der Waals surface area contributed by atoms with Gasteiger partial charge in [0.2, 0.25) is 0 Å². The first kappa shape index (κ1) is 65.2. The number of anilines is 3. The Morgan fingerprint density at radius 3 is 1.33 bits per heavy atom. The first-order valence-corrected chi connectivity index (χ1v) is 34.8. The number of hydrazone groups is 1. The van der Waals surface area contributed by atoms with E-state index in [0.717, 1.165) is 22.4 Å². The molecule has 18 nitrogen and oxygen atoms in total. The van der Waals surface area contributed by atoms with Crippen LogP contribution in [-0.2, 0) is 65.7 Å². The minimum atomic E-state index is -4.17. The molecule has 0 spiro atoms. The maximum atomic E-state index is 14.3. The van der Waals surface area contributed by atoms with E-state index in [9.17, 15) is 25.3 Å². The Hall–Kier alpha value is -7.79. The van der Waals surface area contributed by atoms with Crippen LogP contribution in [-0.4, -0.2) is 78.7 Å². The van der Waals surface area contributed by atoms with E-state index in [-0.39, 0.29) is 37.6 Å². The number of hydrogen-bond donors (Lipinski definition) is 4. The van der Waals surface area contributed by atoms with Crippen LogP contribution in [0.25, 0.3) is 28.5 Å². The monoisotopic (exact) mass is 1330 g/mol. The molecule has 7 aromatic carbocycles. The Morgan fingerprint density at radius 1 is 0.500 bits per heavy atom. The molecule has 3 heterocycles. The number of benzene rings is 7. The summed E-state index contributed by atoms with van der Waals surface area (Å²) in [6.45, 7) is 18.9. The fourth-order valence-corrected chi connectivity index (χ4v) is 14.5. The van der Waals surface area contributed by atoms with E-state index in [1.165, 1.54) is 0 Å². The predicted molar refractivity (Wildman–Crippen MR) is 359 cm³/mol. The van der Waals surface area contributed by atoms with Gasteiger partial charge >= 0.3 is 0 Å². The summed E-state index contributed by atoms with van der Waals surface area (Å²) in [5.41, 5.74) is 7.73. The van der Waals surface area contributed by atoms with Crippen LogP contribution in [0.4, 0.5) is 17.1 Å². The van der Waals surface area contributed by atoms with Crippen molar-refractivity contribution < 1.29 is 25.3 Å². The molecule has 0 saturated carbocycles. The Balaban J connectivity index is 0.822. The van der Waals surface area contributed by atoms with Gasteiger partial charge < -0.3 is 9.47 Å². The van der Waals surface area contributed by atoms with Crippen LogP contribution >= 0.6 is 34.8 Å². The molecule has 10 rings (SSSR count). The number of nitrogens with one attached hydrogen (secondary N) is 4. The van der Waals surface area contributed by atoms with Crippen molar-refractivity contribution in [2.24, 2.45) is 5.10 Å². The quantitative estimate of drug-likeness (QED) is 0.0497. The lowest BCUT2D eigenvalue weighted by atomic mass is 9.80. The highest BCUT2D eigenvalue weighted by Gasteiger charge is 2.31. The molecule has 1 aliphatic heterocycles. The Morgan fingerprint density at radius 2 is 0.900 bits per heavy atom. The van der Waals surface area contributed by atoms with E-state index in [1.54, 1.807) is 91.0 Å². The lowest BCUT2D eigenvalue weighted by molar-refractivity contribution is 0.376. The van der Waals surface area contributed by atoms with Crippen molar-refractivity contribution in [3.63, 3.8) is 0 Å². The van der Waals surface area contributed by atoms with E-state index in [2.05, 4.69) is 93.6 Å². The molecule has 90 heavy (non-hydrogen) atoms. The lowest BCUT2D eigenvalue weighted by Gasteiger charge is -2.26. The highest BCUT2D eigenvalue weighted by molar-refractivity contribution is 7.93. The largest absolute Gasteiger partial charge is 0.336 e. The van der Waals surface area contributed by atoms with Gasteiger partial charge in [-0.1, -0.05) is 138 Å². The second kappa shape index (κ2) is 25.5. The molecule has 0 fully saturated rings. The smallest absolute Gasteiger partial charge is 0.261 e. The van der Waals surface area contributed by atoms with Crippen molar-refractivity contribution >= 4 is 87.8 Å². The van der Waals surface area contributed by atoms with E-state index in [1.807, 2.05) is 102 Å². The van der Waals surface area contributed by atoms with E-state index in [4.69, 9.17) is 34.8 Å². The summed E-state index contributed by atoms with van der Waals surface area (Å²) in [4.78, 5) is 2.13. The second-order valence-corrected chi connectivity index (χ2v) is 31.0. The molecule has 0 aliphatic carbocycles. The molecule has 1 aliphatic rings. The molecule has 1 atom stereocenters. The van der Waals surface area contributed by atoms with E-state index >= 15 is 0 Å². The number of hydrogen-bond acceptors (Lipinski definition) is 13. The zero-order valence-electron chi connectivity index (χ0n) is 51.5. The van der Waals surface area contributed by atoms with Gasteiger partial charge in [0.15, 0.2) is 17.5 Å². The standard InChI is InChI=1S/C66H71Cl3N12O6S3/c1-11-80-59(35-37-65(6,7)44-19-28-51(29-20-44)89(84,85)76-56-32-23-46(67)39-53(56)61-73-70-42(2)79(61)10)71-74-62(80)54-40-47(68)24-33-57(54)77-90(86,87)52-30-21-45(22-31-52)66(8,9)38-36-60-72-75-63(81(60)49-15-13-12-14-16-49)55-41-48(69)25-34-58(55)78-88(82,83)50-26-17-43(18-27-50)64(3,4)5/h12-34,39-42,70,76-78H,11,35-38H2,1-10H3. The number of halogens is 3. The summed E-state index contributed by atoms with van der Waals surface area (Å²) in [7, 11) is -10.4. The van der Waals surface area contributed by atoms with Gasteiger partial charge in [0.1, 0.15) is 17.8 Å². The molecule has 1 unspecified atom stereocenters. The Bertz CT molecular complexity index is 4520. The number of aromatic nitrogens is 6. The highest BCUT2D eigenvalue weighted by Crippen LogP contribution is 2.39. The Kier molecular flexibility index (Phi) is 18.4. The summed E-state index contributed by atoms with van der Waals surface area (Å²) in [6.07, 6.45) is 2.00. The summed E-state index contributed by atoms with van der Waals surface area (Å²) in [6, 6.07) is 44.7. The van der Waals surface area contributed by atoms with Gasteiger partial charge in [0.25, 0.3) is 30.1 Å². The second-order valence-electron chi connectivity index (χ2n) is 24.6. The van der Waals surface area contributed by atoms with Gasteiger partial charge in [-0.3, -0.25) is 24.2 Å². The number of aryl methyl sites for hydroxylation is 2. The maximum absolute atomic E-state index is 14.3. The van der Waals surface area contributed by atoms with Crippen LogP contribution in [0.2, 0.25) is 15.1 Å². The zero-order chi connectivity index (χ0) is 64.7. The molecular weight excluding hydrogens is 1260 g/mol. The van der Waals surface area contributed by atoms with Crippen LogP contribution in [0.5, 0.6) is 0 Å². The fourth-order valence-electron chi connectivity index (χ4n) is 10.7. The van der Waals surface area contributed by atoms with E-state index in [0.29, 0.717) is 98.8 Å². The van der Waals surface area contributed by atoms with Crippen LogP contribution in [0.3, 0.4) is 0 Å². The van der Waals surface area contributed by atoms with Gasteiger partial charge in [-0.15, -0.1) is 20.4 Å². The van der Waals surface area contributed by atoms with Gasteiger partial charge in [-0.05, 0) is 163 Å². The number of sulfonamides is 3. The van der Waals surface area contributed by atoms with Crippen molar-refractivity contribution in [1.82, 2.24) is 39.9 Å². The Labute approximate surface area is 542 Å². The molecule has 2 aromatic heterocycles. The third kappa shape index (κ3) is 14.1. The molecule has 24 heteroatoms. The number of rotatable bonds is 22. The van der Waals surface area contributed by atoms with Crippen molar-refractivity contribution in [3.8, 4) is 28.5 Å². The lowest BCUT2D eigenvalue weighted by Crippen LogP contribution is -2.34. The number of para-hydroxylation sites is 1. The molecular formula is C66H71Cl3N12O6S3. The normalized spacial score (nSPS) is 14.1. The topological polar surface area (TPSA) is 228 Å². The van der Waals surface area contributed by atoms with Gasteiger partial charge in [0.05, 0.1) is 31.7 Å². The third-order valence-corrected chi connectivity index (χ3v) is 21.3. The van der Waals surface area contributed by atoms with Gasteiger partial charge in [-0.25, -0.2) is 25.3 Å². The summed E-state index contributed by atoms with van der Waals surface area (Å²) >= 11 is 19.6. The first-order valence-electron chi connectivity index (χ1n) is 29.2. The fraction of sp³-hybridized carbons (Fsp3) is 0.288. The van der Waals surface area contributed by atoms with Crippen LogP contribution in [0.15, 0.2) is 178 Å². The molecule has 0 amide bonds. The molecule has 0 bridgehead atoms. The highest BCUT2D eigenvalue weighted by atomic mass is 35.5. The molecule has 470 valence electrons. The summed E-state index contributed by atoms with van der Waals surface area (Å²) < 4.78 is 96.3. The van der Waals surface area contributed by atoms with Crippen LogP contribution in [0.1, 0.15) is 109 Å². The van der Waals surface area contributed by atoms with E-state index < -0.39 is 40.9 Å². The van der Waals surface area contributed by atoms with Gasteiger partial charge in [0, 0.05) is 63.9 Å². The minimum absolute atomic E-state index is 0.0407. The average molecular weight is 1330 g/mol. The SMILES string of the molecule is CCn1c(CCC(C)(C)c2ccc(S(=O)(=O)Nc3ccc(Cl)cc3C3=NNC(C)N3C)cc2)nnc1-c1cc(Cl)ccc1NS(=O)(=O)c1ccc(C(C)(C)CCc2nnc(-c3cc(Cl)ccc3NS(=O)(=O)c3ccc(C(C)(C)C)cc3)n2-c2ccccc2)cc1. The maximum Gasteiger partial charge on any atom is 0.261 e. The summed E-state index contributed by atoms with van der Waals surface area (Å²) in [5, 5.41) is 24.1. The van der Waals surface area contributed by atoms with Gasteiger partial charge in [-0.2, -0.15) is 5.10 Å². The third-order valence-electron chi connectivity index (χ3n) is 16.4. The number of nitrogens with zero attached hydrogens (tertiary/aromatic N) is 8. The molecule has 4 N–H and O–H groups in total. The average Bonchev–Trinajstić information content (AvgIpc) is 1.55. The van der Waals surface area contributed by atoms with Crippen LogP contribution < -0.4 is 19.6 Å². The zero-order valence-corrected chi connectivity index (χ0v) is 56.2. The minimum Gasteiger partial charge on any atom is -0.336 e. The predicted octanol–water partition coefficient (Wildman–Crippen LogP) is 14.2. The van der Waals surface area contributed by atoms with Crippen molar-refractivity contribution in [3.05, 3.63) is 207 Å². The molecule has 9 aromatic rings.